The van der Waals surface area contributed by atoms with Gasteiger partial charge in [0.1, 0.15) is 0 Å². The van der Waals surface area contributed by atoms with Crippen LogP contribution in [0.15, 0.2) is 279 Å². The maximum Gasteiger partial charge on any atom is 0.0547 e. The average molecular weight is 891 g/mol. The summed E-state index contributed by atoms with van der Waals surface area (Å²) in [4.78, 5) is 2.42. The van der Waals surface area contributed by atoms with Crippen LogP contribution in [0.1, 0.15) is 0 Å². The number of aromatic nitrogens is 1. The number of para-hydroxylation sites is 2. The van der Waals surface area contributed by atoms with E-state index >= 15 is 0 Å². The van der Waals surface area contributed by atoms with E-state index in [-0.39, 0.29) is 0 Å². The minimum atomic E-state index is 1.07. The highest BCUT2D eigenvalue weighted by Gasteiger charge is 2.21. The number of hydrogen-bond donors (Lipinski definition) is 0. The van der Waals surface area contributed by atoms with Crippen molar-refractivity contribution >= 4 is 60.4 Å². The number of anilines is 3. The maximum absolute atomic E-state index is 2.47. The molecule has 328 valence electrons. The highest BCUT2D eigenvalue weighted by atomic mass is 15.1. The molecule has 1 aromatic heterocycles. The molecule has 0 unspecified atom stereocenters. The molecule has 0 spiro atoms. The fourth-order valence-electron chi connectivity index (χ4n) is 10.7. The van der Waals surface area contributed by atoms with Crippen molar-refractivity contribution in [1.82, 2.24) is 4.57 Å². The topological polar surface area (TPSA) is 8.17 Å². The van der Waals surface area contributed by atoms with Crippen molar-refractivity contribution in [2.45, 2.75) is 0 Å². The predicted octanol–water partition coefficient (Wildman–Crippen LogP) is 18.9. The van der Waals surface area contributed by atoms with Crippen molar-refractivity contribution in [3.63, 3.8) is 0 Å². The molecule has 0 fully saturated rings. The van der Waals surface area contributed by atoms with Gasteiger partial charge in [0.2, 0.25) is 0 Å². The first-order chi connectivity index (χ1) is 34.7. The molecule has 0 bridgehead atoms. The normalized spacial score (nSPS) is 11.4. The number of benzene rings is 12. The van der Waals surface area contributed by atoms with Gasteiger partial charge in [-0.15, -0.1) is 0 Å². The molecule has 0 atom stereocenters. The van der Waals surface area contributed by atoms with Crippen LogP contribution in [0.5, 0.6) is 0 Å². The SMILES string of the molecule is c1ccc(-c2ccccc2-c2ccc(N(c3cccc(-c4cccc5ccccc45)c3)c3ccc(-c4ccccc4-n4c5ccccc5c5cc6ccccc6cc54)c(-c4ccccc4)c3)cc2)cc1. The molecule has 0 amide bonds. The third-order valence-corrected chi connectivity index (χ3v) is 14.0. The van der Waals surface area contributed by atoms with Crippen molar-refractivity contribution in [3.8, 4) is 61.3 Å². The van der Waals surface area contributed by atoms with E-state index < -0.39 is 0 Å². The molecule has 0 radical (unpaired) electrons. The first-order valence-electron chi connectivity index (χ1n) is 24.1. The zero-order valence-corrected chi connectivity index (χ0v) is 38.5. The highest BCUT2D eigenvalue weighted by Crippen LogP contribution is 2.45. The van der Waals surface area contributed by atoms with Crippen LogP contribution in [0, 0.1) is 0 Å². The minimum absolute atomic E-state index is 1.07. The molecule has 2 nitrogen and oxygen atoms in total. The number of nitrogens with zero attached hydrogens (tertiary/aromatic N) is 2. The maximum atomic E-state index is 2.47. The number of fused-ring (bicyclic) bond motifs is 5. The first-order valence-corrected chi connectivity index (χ1v) is 24.1. The van der Waals surface area contributed by atoms with Gasteiger partial charge in [-0.2, -0.15) is 0 Å². The molecule has 0 aliphatic heterocycles. The molecule has 0 aliphatic carbocycles. The van der Waals surface area contributed by atoms with Gasteiger partial charge in [-0.05, 0) is 132 Å². The second kappa shape index (κ2) is 17.4. The van der Waals surface area contributed by atoms with E-state index in [9.17, 15) is 0 Å². The van der Waals surface area contributed by atoms with E-state index in [1.165, 1.54) is 76.7 Å². The number of hydrogen-bond acceptors (Lipinski definition) is 1. The summed E-state index contributed by atoms with van der Waals surface area (Å²) in [7, 11) is 0. The lowest BCUT2D eigenvalue weighted by Gasteiger charge is -2.28. The van der Waals surface area contributed by atoms with Crippen molar-refractivity contribution < 1.29 is 0 Å². The van der Waals surface area contributed by atoms with Crippen LogP contribution in [0.25, 0.3) is 105 Å². The summed E-state index contributed by atoms with van der Waals surface area (Å²) in [5.74, 6) is 0. The summed E-state index contributed by atoms with van der Waals surface area (Å²) in [6.07, 6.45) is 0. The summed E-state index contributed by atoms with van der Waals surface area (Å²) >= 11 is 0. The number of rotatable bonds is 9. The summed E-state index contributed by atoms with van der Waals surface area (Å²) < 4.78 is 2.47. The fourth-order valence-corrected chi connectivity index (χ4v) is 10.7. The highest BCUT2D eigenvalue weighted by molar-refractivity contribution is 6.14. The lowest BCUT2D eigenvalue weighted by molar-refractivity contribution is 1.18. The smallest absolute Gasteiger partial charge is 0.0547 e. The van der Waals surface area contributed by atoms with Crippen molar-refractivity contribution in [2.75, 3.05) is 4.90 Å². The van der Waals surface area contributed by atoms with Crippen LogP contribution in [0.4, 0.5) is 17.1 Å². The van der Waals surface area contributed by atoms with Gasteiger partial charge in [0.05, 0.1) is 16.7 Å². The van der Waals surface area contributed by atoms with Gasteiger partial charge in [0.25, 0.3) is 0 Å². The van der Waals surface area contributed by atoms with E-state index in [1.807, 2.05) is 0 Å². The van der Waals surface area contributed by atoms with Crippen LogP contribution in [0.3, 0.4) is 0 Å². The largest absolute Gasteiger partial charge is 0.310 e. The molecule has 12 aromatic carbocycles. The third-order valence-electron chi connectivity index (χ3n) is 14.0. The quantitative estimate of drug-likeness (QED) is 0.140. The van der Waals surface area contributed by atoms with Crippen molar-refractivity contribution in [3.05, 3.63) is 279 Å². The lowest BCUT2D eigenvalue weighted by Crippen LogP contribution is -2.10. The summed E-state index contributed by atoms with van der Waals surface area (Å²) in [5, 5.41) is 7.43. The second-order valence-electron chi connectivity index (χ2n) is 18.1. The van der Waals surface area contributed by atoms with E-state index in [0.29, 0.717) is 0 Å². The Bertz CT molecular complexity index is 4050. The molecule has 13 aromatic rings. The summed E-state index contributed by atoms with van der Waals surface area (Å²) in [6, 6.07) is 102. The van der Waals surface area contributed by atoms with E-state index in [4.69, 9.17) is 0 Å². The summed E-state index contributed by atoms with van der Waals surface area (Å²) in [6.45, 7) is 0. The molecule has 0 saturated heterocycles. The van der Waals surface area contributed by atoms with Crippen LogP contribution in [-0.4, -0.2) is 4.57 Å². The molecule has 2 heteroatoms. The Hall–Kier alpha value is -9.24. The van der Waals surface area contributed by atoms with Crippen LogP contribution in [0.2, 0.25) is 0 Å². The van der Waals surface area contributed by atoms with Crippen LogP contribution >= 0.6 is 0 Å². The zero-order valence-electron chi connectivity index (χ0n) is 38.5. The van der Waals surface area contributed by atoms with Crippen LogP contribution < -0.4 is 4.90 Å². The average Bonchev–Trinajstić information content (AvgIpc) is 3.75. The van der Waals surface area contributed by atoms with Gasteiger partial charge >= 0.3 is 0 Å². The molecule has 0 N–H and O–H groups in total. The van der Waals surface area contributed by atoms with Crippen LogP contribution in [-0.2, 0) is 0 Å². The Balaban J connectivity index is 1.01. The third kappa shape index (κ3) is 7.22. The van der Waals surface area contributed by atoms with Gasteiger partial charge in [-0.3, -0.25) is 0 Å². The van der Waals surface area contributed by atoms with Gasteiger partial charge in [-0.25, -0.2) is 0 Å². The standard InChI is InChI=1S/C68H46N2/c1-3-19-47(20-4-1)57-30-11-12-31-59(57)50-37-39-54(40-38-50)69(55-28-17-27-53(43-55)60-34-18-26-48-23-9-10-29-58(48)60)56-41-42-61(64(46-56)49-21-5-2-6-22-49)62-32-13-15-35-66(62)70-67-36-16-14-33-63(67)65-44-51-24-7-8-25-52(51)45-68(65)70/h1-46H. The molecule has 0 aliphatic rings. The molecule has 0 saturated carbocycles. The second-order valence-corrected chi connectivity index (χ2v) is 18.1. The van der Waals surface area contributed by atoms with Crippen molar-refractivity contribution in [2.24, 2.45) is 0 Å². The molecular weight excluding hydrogens is 845 g/mol. The van der Waals surface area contributed by atoms with E-state index in [0.717, 1.165) is 45.0 Å². The van der Waals surface area contributed by atoms with E-state index in [2.05, 4.69) is 289 Å². The predicted molar refractivity (Wildman–Crippen MR) is 298 cm³/mol. The Morgan fingerprint density at radius 2 is 0.743 bits per heavy atom. The monoisotopic (exact) mass is 890 g/mol. The van der Waals surface area contributed by atoms with E-state index in [1.54, 1.807) is 0 Å². The first kappa shape index (κ1) is 41.0. The Labute approximate surface area is 408 Å². The molecule has 70 heavy (non-hydrogen) atoms. The summed E-state index contributed by atoms with van der Waals surface area (Å²) in [5.41, 5.74) is 18.5. The van der Waals surface area contributed by atoms with Gasteiger partial charge < -0.3 is 9.47 Å². The molecule has 13 rings (SSSR count). The molecule has 1 heterocycles. The van der Waals surface area contributed by atoms with Gasteiger partial charge in [-0.1, -0.05) is 218 Å². The van der Waals surface area contributed by atoms with Gasteiger partial charge in [0, 0.05) is 33.4 Å². The lowest BCUT2D eigenvalue weighted by atomic mass is 9.92. The van der Waals surface area contributed by atoms with Crippen molar-refractivity contribution in [1.29, 1.82) is 0 Å². The fraction of sp³-hybridized carbons (Fsp3) is 0. The Morgan fingerprint density at radius 1 is 0.229 bits per heavy atom. The minimum Gasteiger partial charge on any atom is -0.310 e. The zero-order chi connectivity index (χ0) is 46.4. The Kier molecular flexibility index (Phi) is 10.2. The van der Waals surface area contributed by atoms with Gasteiger partial charge in [0.15, 0.2) is 0 Å². The Morgan fingerprint density at radius 3 is 1.50 bits per heavy atom. The molecular formula is C68H46N2.